The van der Waals surface area contributed by atoms with Crippen molar-refractivity contribution in [3.05, 3.63) is 124 Å². The fourth-order valence-electron chi connectivity index (χ4n) is 5.59. The maximum Gasteiger partial charge on any atom is 0.291 e. The number of aliphatic hydroxyl groups is 1. The van der Waals surface area contributed by atoms with Crippen LogP contribution in [0.5, 0.6) is 0 Å². The first-order valence-corrected chi connectivity index (χ1v) is 13.4. The molecular weight excluding hydrogens is 470 g/mol. The van der Waals surface area contributed by atoms with Crippen molar-refractivity contribution in [1.29, 1.82) is 0 Å². The van der Waals surface area contributed by atoms with Crippen molar-refractivity contribution in [3.63, 3.8) is 0 Å². The van der Waals surface area contributed by atoms with Crippen LogP contribution in [0.15, 0.2) is 83.3 Å². The van der Waals surface area contributed by atoms with Crippen molar-refractivity contribution in [2.45, 2.75) is 70.8 Å². The predicted molar refractivity (Wildman–Crippen MR) is 153 cm³/mol. The maximum absolute atomic E-state index is 13.1. The number of benzene rings is 3. The van der Waals surface area contributed by atoms with Crippen LogP contribution in [-0.2, 0) is 17.3 Å². The highest BCUT2D eigenvalue weighted by Crippen LogP contribution is 2.46. The van der Waals surface area contributed by atoms with E-state index in [0.717, 1.165) is 11.3 Å². The van der Waals surface area contributed by atoms with Gasteiger partial charge in [0.2, 0.25) is 0 Å². The van der Waals surface area contributed by atoms with E-state index in [2.05, 4.69) is 52.1 Å². The largest absolute Gasteiger partial charge is 0.456 e. The molecule has 1 aliphatic carbocycles. The van der Waals surface area contributed by atoms with Gasteiger partial charge in [-0.3, -0.25) is 4.79 Å². The normalized spacial score (nSPS) is 16.5. The zero-order valence-corrected chi connectivity index (χ0v) is 23.0. The monoisotopic (exact) mass is 507 g/mol. The third-order valence-corrected chi connectivity index (χ3v) is 8.18. The van der Waals surface area contributed by atoms with Crippen LogP contribution in [0.4, 0.5) is 5.69 Å². The van der Waals surface area contributed by atoms with E-state index < -0.39 is 6.10 Å². The first kappa shape index (κ1) is 26.0. The molecule has 1 heterocycles. The van der Waals surface area contributed by atoms with Crippen LogP contribution in [0.2, 0.25) is 0 Å². The van der Waals surface area contributed by atoms with E-state index >= 15 is 0 Å². The molecule has 1 aromatic heterocycles. The molecule has 0 fully saturated rings. The molecule has 4 aromatic rings. The van der Waals surface area contributed by atoms with Crippen molar-refractivity contribution < 1.29 is 14.3 Å². The van der Waals surface area contributed by atoms with Crippen molar-refractivity contribution in [3.8, 4) is 0 Å². The number of fused-ring (bicyclic) bond motifs is 1. The standard InChI is InChI=1S/C34H37NO3/c1-22-19-27-28(34(4,5)18-17-33(27,2)3)21-24(22)20-25-15-16-30(38-25)32(37)35-29-14-10-9-13-26(29)31(36)23-11-7-6-8-12-23/h6-16,19,21,31,36H,17-18,20H2,1-5H3,(H,35,37). The van der Waals surface area contributed by atoms with Crippen molar-refractivity contribution in [1.82, 2.24) is 0 Å². The average molecular weight is 508 g/mol. The van der Waals surface area contributed by atoms with Crippen molar-refractivity contribution >= 4 is 11.6 Å². The van der Waals surface area contributed by atoms with E-state index in [4.69, 9.17) is 4.42 Å². The lowest BCUT2D eigenvalue weighted by Crippen LogP contribution is -2.34. The first-order valence-electron chi connectivity index (χ1n) is 13.4. The van der Waals surface area contributed by atoms with Crippen LogP contribution < -0.4 is 5.32 Å². The molecular formula is C34H37NO3. The molecule has 196 valence electrons. The van der Waals surface area contributed by atoms with Crippen LogP contribution in [0.3, 0.4) is 0 Å². The van der Waals surface area contributed by atoms with E-state index in [-0.39, 0.29) is 22.5 Å². The van der Waals surface area contributed by atoms with Gasteiger partial charge < -0.3 is 14.8 Å². The van der Waals surface area contributed by atoms with Crippen LogP contribution in [0.25, 0.3) is 0 Å². The molecule has 1 aliphatic rings. The molecule has 0 aliphatic heterocycles. The molecule has 0 saturated carbocycles. The molecule has 1 atom stereocenters. The van der Waals surface area contributed by atoms with Gasteiger partial charge in [0.15, 0.2) is 5.76 Å². The second-order valence-electron chi connectivity index (χ2n) is 11.9. The Labute approximate surface area is 225 Å². The highest BCUT2D eigenvalue weighted by molar-refractivity contribution is 6.02. The summed E-state index contributed by atoms with van der Waals surface area (Å²) in [4.78, 5) is 13.1. The fourth-order valence-corrected chi connectivity index (χ4v) is 5.59. The number of hydrogen-bond acceptors (Lipinski definition) is 3. The topological polar surface area (TPSA) is 62.5 Å². The van der Waals surface area contributed by atoms with E-state index in [1.54, 1.807) is 12.1 Å². The van der Waals surface area contributed by atoms with Gasteiger partial charge in [-0.25, -0.2) is 0 Å². The SMILES string of the molecule is Cc1cc2c(cc1Cc1ccc(C(=O)Nc3ccccc3C(O)c3ccccc3)o1)C(C)(C)CCC2(C)C. The number of furan rings is 1. The average Bonchev–Trinajstić information content (AvgIpc) is 3.37. The van der Waals surface area contributed by atoms with Gasteiger partial charge in [0, 0.05) is 17.7 Å². The minimum Gasteiger partial charge on any atom is -0.456 e. The van der Waals surface area contributed by atoms with Crippen LogP contribution in [-0.4, -0.2) is 11.0 Å². The van der Waals surface area contributed by atoms with Gasteiger partial charge in [-0.2, -0.15) is 0 Å². The molecule has 0 saturated heterocycles. The Hall–Kier alpha value is -3.63. The lowest BCUT2D eigenvalue weighted by Gasteiger charge is -2.42. The Morgan fingerprint density at radius 2 is 1.53 bits per heavy atom. The van der Waals surface area contributed by atoms with Crippen LogP contribution in [0, 0.1) is 6.92 Å². The zero-order valence-electron chi connectivity index (χ0n) is 23.0. The summed E-state index contributed by atoms with van der Waals surface area (Å²) in [6.45, 7) is 11.5. The van der Waals surface area contributed by atoms with Gasteiger partial charge in [-0.15, -0.1) is 0 Å². The molecule has 1 amide bonds. The highest BCUT2D eigenvalue weighted by Gasteiger charge is 2.37. The number of hydrogen-bond donors (Lipinski definition) is 2. The highest BCUT2D eigenvalue weighted by atomic mass is 16.3. The van der Waals surface area contributed by atoms with Gasteiger partial charge in [0.05, 0.1) is 0 Å². The minimum absolute atomic E-state index is 0.138. The van der Waals surface area contributed by atoms with Crippen molar-refractivity contribution in [2.75, 3.05) is 5.32 Å². The molecule has 0 spiro atoms. The summed E-state index contributed by atoms with van der Waals surface area (Å²) in [6.07, 6.45) is 2.14. The maximum atomic E-state index is 13.1. The summed E-state index contributed by atoms with van der Waals surface area (Å²) in [7, 11) is 0. The number of anilines is 1. The molecule has 5 rings (SSSR count). The Balaban J connectivity index is 1.36. The zero-order chi connectivity index (χ0) is 27.1. The van der Waals surface area contributed by atoms with Gasteiger partial charge in [-0.05, 0) is 76.6 Å². The van der Waals surface area contributed by atoms with E-state index in [1.165, 1.54) is 35.1 Å². The second-order valence-corrected chi connectivity index (χ2v) is 11.9. The number of aliphatic hydroxyl groups excluding tert-OH is 1. The quantitative estimate of drug-likeness (QED) is 0.279. The van der Waals surface area contributed by atoms with Gasteiger partial charge in [0.1, 0.15) is 11.9 Å². The number of nitrogens with one attached hydrogen (secondary N) is 1. The summed E-state index contributed by atoms with van der Waals surface area (Å²) in [6, 6.07) is 25.0. The molecule has 4 nitrogen and oxygen atoms in total. The van der Waals surface area contributed by atoms with Crippen LogP contribution >= 0.6 is 0 Å². The molecule has 0 bridgehead atoms. The van der Waals surface area contributed by atoms with Gasteiger partial charge in [0.25, 0.3) is 5.91 Å². The molecule has 38 heavy (non-hydrogen) atoms. The number of rotatable bonds is 6. The number of para-hydroxylation sites is 1. The third-order valence-electron chi connectivity index (χ3n) is 8.18. The second kappa shape index (κ2) is 9.92. The van der Waals surface area contributed by atoms with Crippen LogP contribution in [0.1, 0.15) is 96.3 Å². The van der Waals surface area contributed by atoms with E-state index in [9.17, 15) is 9.90 Å². The van der Waals surface area contributed by atoms with E-state index in [0.29, 0.717) is 17.7 Å². The number of aryl methyl sites for hydroxylation is 1. The lowest BCUT2D eigenvalue weighted by molar-refractivity contribution is 0.0995. The van der Waals surface area contributed by atoms with Gasteiger partial charge >= 0.3 is 0 Å². The Bertz CT molecular complexity index is 1460. The number of carbonyl (C=O) groups is 1. The Morgan fingerprint density at radius 1 is 0.895 bits per heavy atom. The summed E-state index contributed by atoms with van der Waals surface area (Å²) in [5, 5.41) is 13.9. The number of amides is 1. The minimum atomic E-state index is -0.846. The first-order chi connectivity index (χ1) is 18.0. The third kappa shape index (κ3) is 5.06. The lowest BCUT2D eigenvalue weighted by atomic mass is 9.62. The fraction of sp³-hybridized carbons (Fsp3) is 0.324. The summed E-state index contributed by atoms with van der Waals surface area (Å²) < 4.78 is 6.02. The molecule has 4 heteroatoms. The summed E-state index contributed by atoms with van der Waals surface area (Å²) in [5.41, 5.74) is 7.62. The molecule has 3 aromatic carbocycles. The van der Waals surface area contributed by atoms with E-state index in [1.807, 2.05) is 54.6 Å². The summed E-state index contributed by atoms with van der Waals surface area (Å²) >= 11 is 0. The predicted octanol–water partition coefficient (Wildman–Crippen LogP) is 7.86. The van der Waals surface area contributed by atoms with Crippen molar-refractivity contribution in [2.24, 2.45) is 0 Å². The Morgan fingerprint density at radius 3 is 2.24 bits per heavy atom. The molecule has 2 N–H and O–H groups in total. The molecule has 0 radical (unpaired) electrons. The summed E-state index contributed by atoms with van der Waals surface area (Å²) in [5.74, 6) is 0.666. The van der Waals surface area contributed by atoms with Gasteiger partial charge in [-0.1, -0.05) is 88.4 Å². The smallest absolute Gasteiger partial charge is 0.291 e. The number of carbonyl (C=O) groups excluding carboxylic acids is 1. The Kier molecular flexibility index (Phi) is 6.79. The molecule has 1 unspecified atom stereocenters.